The van der Waals surface area contributed by atoms with Crippen molar-refractivity contribution >= 4 is 26.7 Å². The Labute approximate surface area is 224 Å². The van der Waals surface area contributed by atoms with E-state index >= 15 is 4.39 Å². The molecule has 3 heterocycles. The summed E-state index contributed by atoms with van der Waals surface area (Å²) in [7, 11) is -3.59. The zero-order chi connectivity index (χ0) is 28.8. The van der Waals surface area contributed by atoms with Gasteiger partial charge in [0.05, 0.1) is 21.7 Å². The lowest BCUT2D eigenvalue weighted by molar-refractivity contribution is -0.137. The largest absolute Gasteiger partial charge is 0.416 e. The number of H-pyrrole nitrogens is 1. The fourth-order valence-corrected chi connectivity index (χ4v) is 5.45. The molecule has 5 aromatic rings. The summed E-state index contributed by atoms with van der Waals surface area (Å²) in [6.45, 7) is 0. The molecule has 1 atom stereocenters. The molecule has 0 fully saturated rings. The van der Waals surface area contributed by atoms with E-state index in [1.807, 2.05) is 0 Å². The topological polar surface area (TPSA) is 99.2 Å². The molecular weight excluding hydrogens is 555 g/mol. The van der Waals surface area contributed by atoms with Gasteiger partial charge in [0.25, 0.3) is 10.0 Å². The molecule has 0 saturated heterocycles. The third-order valence-corrected chi connectivity index (χ3v) is 8.20. The van der Waals surface area contributed by atoms with E-state index in [4.69, 9.17) is 0 Å². The van der Waals surface area contributed by atoms with Crippen molar-refractivity contribution in [3.05, 3.63) is 108 Å². The molecule has 0 aliphatic carbocycles. The molecule has 0 aliphatic rings. The molecule has 0 spiro atoms. The van der Waals surface area contributed by atoms with Crippen molar-refractivity contribution in [2.75, 3.05) is 11.4 Å². The van der Waals surface area contributed by atoms with Gasteiger partial charge in [0, 0.05) is 53.9 Å². The first-order valence-corrected chi connectivity index (χ1v) is 13.0. The van der Waals surface area contributed by atoms with Gasteiger partial charge in [-0.3, -0.25) is 9.29 Å². The predicted octanol–water partition coefficient (Wildman–Crippen LogP) is 5.83. The minimum absolute atomic E-state index is 0.0800. The smallest absolute Gasteiger partial charge is 0.383 e. The Kier molecular flexibility index (Phi) is 6.80. The molecule has 7 nitrogen and oxygen atoms in total. The molecule has 0 radical (unpaired) electrons. The number of aromatic nitrogens is 3. The quantitative estimate of drug-likeness (QED) is 0.249. The molecule has 2 N–H and O–H groups in total. The highest BCUT2D eigenvalue weighted by molar-refractivity contribution is 7.92. The van der Waals surface area contributed by atoms with E-state index in [0.29, 0.717) is 38.6 Å². The number of halogens is 5. The van der Waals surface area contributed by atoms with Gasteiger partial charge in [-0.1, -0.05) is 6.07 Å². The number of benzene rings is 2. The second-order valence-electron chi connectivity index (χ2n) is 8.80. The second kappa shape index (κ2) is 9.99. The van der Waals surface area contributed by atoms with Crippen LogP contribution in [0.3, 0.4) is 0 Å². The van der Waals surface area contributed by atoms with Gasteiger partial charge < -0.3 is 10.1 Å². The van der Waals surface area contributed by atoms with Crippen LogP contribution in [0.25, 0.3) is 22.2 Å². The minimum Gasteiger partial charge on any atom is -0.383 e. The van der Waals surface area contributed by atoms with Crippen LogP contribution in [0.1, 0.15) is 22.8 Å². The first-order valence-electron chi connectivity index (χ1n) is 11.6. The van der Waals surface area contributed by atoms with Crippen molar-refractivity contribution in [1.82, 2.24) is 15.0 Å². The maximum absolute atomic E-state index is 15.7. The van der Waals surface area contributed by atoms with Crippen molar-refractivity contribution in [1.29, 1.82) is 0 Å². The fraction of sp³-hybridized carbons (Fsp3) is 0.111. The molecule has 0 amide bonds. The van der Waals surface area contributed by atoms with E-state index < -0.39 is 55.6 Å². The Morgan fingerprint density at radius 1 is 1.00 bits per heavy atom. The third-order valence-electron chi connectivity index (χ3n) is 6.41. The monoisotopic (exact) mass is 574 g/mol. The summed E-state index contributed by atoms with van der Waals surface area (Å²) in [4.78, 5) is 10.6. The summed E-state index contributed by atoms with van der Waals surface area (Å²) < 4.78 is 96.0. The van der Waals surface area contributed by atoms with Gasteiger partial charge in [-0.25, -0.2) is 22.2 Å². The number of rotatable bonds is 6. The molecule has 5 rings (SSSR count). The average molecular weight is 575 g/mol. The number of nitrogens with zero attached hydrogens (tertiary/aromatic N) is 3. The van der Waals surface area contributed by atoms with Crippen molar-refractivity contribution in [3.8, 4) is 11.1 Å². The molecular formula is C27H19F5N4O3S. The summed E-state index contributed by atoms with van der Waals surface area (Å²) in [6.07, 6.45) is -0.464. The Morgan fingerprint density at radius 2 is 1.73 bits per heavy atom. The lowest BCUT2D eigenvalue weighted by Crippen LogP contribution is -2.28. The summed E-state index contributed by atoms with van der Waals surface area (Å²) in [5, 5.41) is 11.5. The summed E-state index contributed by atoms with van der Waals surface area (Å²) >= 11 is 0. The maximum atomic E-state index is 15.7. The zero-order valence-corrected chi connectivity index (χ0v) is 21.3. The zero-order valence-electron chi connectivity index (χ0n) is 20.5. The molecule has 13 heteroatoms. The Bertz CT molecular complexity index is 1810. The van der Waals surface area contributed by atoms with Gasteiger partial charge in [0.1, 0.15) is 17.6 Å². The highest BCUT2D eigenvalue weighted by Gasteiger charge is 2.33. The van der Waals surface area contributed by atoms with Gasteiger partial charge in [0.15, 0.2) is 5.82 Å². The molecule has 206 valence electrons. The van der Waals surface area contributed by atoms with E-state index in [0.717, 1.165) is 31.3 Å². The lowest BCUT2D eigenvalue weighted by atomic mass is 9.98. The first-order chi connectivity index (χ1) is 18.9. The first kappa shape index (κ1) is 27.2. The number of pyridine rings is 2. The van der Waals surface area contributed by atoms with Crippen molar-refractivity contribution in [3.63, 3.8) is 0 Å². The Hall–Kier alpha value is -4.36. The molecule has 40 heavy (non-hydrogen) atoms. The second-order valence-corrected chi connectivity index (χ2v) is 10.8. The molecule has 2 aromatic carbocycles. The van der Waals surface area contributed by atoms with Crippen LogP contribution >= 0.6 is 0 Å². The van der Waals surface area contributed by atoms with Gasteiger partial charge in [-0.15, -0.1) is 0 Å². The molecule has 3 aromatic heterocycles. The number of nitrogens with one attached hydrogen (secondary N) is 1. The number of hydrogen-bond acceptors (Lipinski definition) is 5. The van der Waals surface area contributed by atoms with E-state index in [1.54, 1.807) is 36.8 Å². The fourth-order valence-electron chi connectivity index (χ4n) is 4.25. The molecule has 0 aliphatic heterocycles. The van der Waals surface area contributed by atoms with Crippen LogP contribution in [0.5, 0.6) is 0 Å². The highest BCUT2D eigenvalue weighted by atomic mass is 32.2. The average Bonchev–Trinajstić information content (AvgIpc) is 3.36. The SMILES string of the molecule is CN(c1ccc(F)c(C(O)c2c[nH]c3ncc(-c4cccnc4)cc23)c1F)S(=O)(=O)c1ccc(C(F)(F)F)cc1. The number of hydrogen-bond donors (Lipinski definition) is 2. The summed E-state index contributed by atoms with van der Waals surface area (Å²) in [5.41, 5.74) is -0.743. The standard InChI is InChI=1S/C27H19F5N4O3S/c1-36(40(38,39)18-6-4-17(5-7-18)27(30,31)32)22-9-8-21(28)23(24(22)29)25(37)20-14-35-26-19(20)11-16(13-34-26)15-3-2-10-33-12-15/h2-14,25,37H,1H3,(H,34,35). The number of fused-ring (bicyclic) bond motifs is 1. The predicted molar refractivity (Wildman–Crippen MR) is 137 cm³/mol. The Balaban J connectivity index is 1.54. The third kappa shape index (κ3) is 4.77. The number of alkyl halides is 3. The van der Waals surface area contributed by atoms with Crippen LogP contribution in [-0.4, -0.2) is 35.5 Å². The van der Waals surface area contributed by atoms with Crippen LogP contribution < -0.4 is 4.31 Å². The van der Waals surface area contributed by atoms with Gasteiger partial charge in [-0.2, -0.15) is 13.2 Å². The number of anilines is 1. The van der Waals surface area contributed by atoms with Crippen LogP contribution in [-0.2, 0) is 16.2 Å². The van der Waals surface area contributed by atoms with E-state index in [9.17, 15) is 31.1 Å². The number of sulfonamides is 1. The Morgan fingerprint density at radius 3 is 2.38 bits per heavy atom. The van der Waals surface area contributed by atoms with E-state index in [2.05, 4.69) is 15.0 Å². The number of aromatic amines is 1. The van der Waals surface area contributed by atoms with Crippen LogP contribution in [0, 0.1) is 11.6 Å². The van der Waals surface area contributed by atoms with Crippen molar-refractivity contribution in [2.24, 2.45) is 0 Å². The van der Waals surface area contributed by atoms with Gasteiger partial charge in [0.2, 0.25) is 0 Å². The summed E-state index contributed by atoms with van der Waals surface area (Å²) in [5.74, 6) is -2.50. The van der Waals surface area contributed by atoms with E-state index in [1.165, 1.54) is 6.20 Å². The van der Waals surface area contributed by atoms with E-state index in [-0.39, 0.29) is 5.56 Å². The van der Waals surface area contributed by atoms with Crippen LogP contribution in [0.4, 0.5) is 27.6 Å². The van der Waals surface area contributed by atoms with Crippen molar-refractivity contribution in [2.45, 2.75) is 17.2 Å². The van der Waals surface area contributed by atoms with Gasteiger partial charge in [-0.05, 0) is 48.5 Å². The summed E-state index contributed by atoms with van der Waals surface area (Å²) in [6, 6.07) is 9.48. The van der Waals surface area contributed by atoms with Crippen LogP contribution in [0.15, 0.2) is 84.3 Å². The molecule has 0 bridgehead atoms. The van der Waals surface area contributed by atoms with Gasteiger partial charge >= 0.3 is 6.18 Å². The minimum atomic E-state index is -4.68. The lowest BCUT2D eigenvalue weighted by Gasteiger charge is -2.23. The normalized spacial score (nSPS) is 13.0. The number of aliphatic hydroxyl groups excluding tert-OH is 1. The van der Waals surface area contributed by atoms with Crippen LogP contribution in [0.2, 0.25) is 0 Å². The molecule has 1 unspecified atom stereocenters. The highest BCUT2D eigenvalue weighted by Crippen LogP contribution is 2.37. The maximum Gasteiger partial charge on any atom is 0.416 e. The van der Waals surface area contributed by atoms with Crippen molar-refractivity contribution < 1.29 is 35.5 Å². The number of aliphatic hydroxyl groups is 1. The molecule has 0 saturated carbocycles.